The second-order valence-electron chi connectivity index (χ2n) is 5.04. The smallest absolute Gasteiger partial charge is 0.0195 e. The van der Waals surface area contributed by atoms with Crippen molar-refractivity contribution in [3.05, 3.63) is 0 Å². The molecule has 0 aromatic rings. The van der Waals surface area contributed by atoms with Gasteiger partial charge in [-0.2, -0.15) is 0 Å². The Morgan fingerprint density at radius 1 is 1.23 bits per heavy atom. The van der Waals surface area contributed by atoms with Crippen LogP contribution >= 0.6 is 0 Å². The van der Waals surface area contributed by atoms with Gasteiger partial charge in [-0.3, -0.25) is 0 Å². The van der Waals surface area contributed by atoms with Crippen molar-refractivity contribution in [2.45, 2.75) is 44.1 Å². The molecule has 2 nitrogen and oxygen atoms in total. The number of rotatable bonds is 1. The summed E-state index contributed by atoms with van der Waals surface area (Å²) in [5, 5.41) is 0. The van der Waals surface area contributed by atoms with Crippen LogP contribution in [0.15, 0.2) is 0 Å². The van der Waals surface area contributed by atoms with Gasteiger partial charge in [-0.15, -0.1) is 0 Å². The first-order valence-electron chi connectivity index (χ1n) is 5.68. The molecule has 0 bridgehead atoms. The van der Waals surface area contributed by atoms with Crippen molar-refractivity contribution in [2.75, 3.05) is 20.1 Å². The lowest BCUT2D eigenvalue weighted by molar-refractivity contribution is 0.138. The van der Waals surface area contributed by atoms with E-state index in [4.69, 9.17) is 5.73 Å². The van der Waals surface area contributed by atoms with Crippen LogP contribution in [0.2, 0.25) is 0 Å². The van der Waals surface area contributed by atoms with E-state index in [0.717, 1.165) is 5.92 Å². The van der Waals surface area contributed by atoms with Crippen LogP contribution in [-0.2, 0) is 0 Å². The third-order valence-corrected chi connectivity index (χ3v) is 3.97. The number of nitrogens with two attached hydrogens (primary N) is 1. The molecular formula is C11H22N2. The van der Waals surface area contributed by atoms with Gasteiger partial charge in [0.25, 0.3) is 0 Å². The van der Waals surface area contributed by atoms with Gasteiger partial charge in [-0.05, 0) is 45.2 Å². The topological polar surface area (TPSA) is 29.3 Å². The van der Waals surface area contributed by atoms with Crippen LogP contribution in [0.4, 0.5) is 0 Å². The van der Waals surface area contributed by atoms with E-state index in [-0.39, 0.29) is 5.54 Å². The second kappa shape index (κ2) is 3.58. The van der Waals surface area contributed by atoms with Crippen molar-refractivity contribution < 1.29 is 0 Å². The van der Waals surface area contributed by atoms with Crippen LogP contribution in [0, 0.1) is 5.92 Å². The summed E-state index contributed by atoms with van der Waals surface area (Å²) in [6.07, 6.45) is 7.96. The van der Waals surface area contributed by atoms with Gasteiger partial charge in [0.05, 0.1) is 0 Å². The maximum atomic E-state index is 6.47. The molecule has 2 rings (SSSR count). The van der Waals surface area contributed by atoms with E-state index in [1.807, 2.05) is 0 Å². The molecule has 1 heterocycles. The first kappa shape index (κ1) is 9.47. The van der Waals surface area contributed by atoms with Crippen molar-refractivity contribution in [3.8, 4) is 0 Å². The van der Waals surface area contributed by atoms with Gasteiger partial charge < -0.3 is 10.6 Å². The minimum atomic E-state index is 0.203. The zero-order chi connectivity index (χ0) is 9.31. The largest absolute Gasteiger partial charge is 0.325 e. The Hall–Kier alpha value is -0.0800. The lowest BCUT2D eigenvalue weighted by atomic mass is 9.78. The molecule has 2 N–H and O–H groups in total. The molecule has 0 aromatic carbocycles. The Morgan fingerprint density at radius 3 is 2.54 bits per heavy atom. The summed E-state index contributed by atoms with van der Waals surface area (Å²) in [7, 11) is 2.23. The predicted molar refractivity (Wildman–Crippen MR) is 55.6 cm³/mol. The summed E-state index contributed by atoms with van der Waals surface area (Å²) in [4.78, 5) is 2.45. The number of likely N-dealkylation sites (tertiary alicyclic amines) is 1. The monoisotopic (exact) mass is 182 g/mol. The van der Waals surface area contributed by atoms with Gasteiger partial charge in [-0.25, -0.2) is 0 Å². The van der Waals surface area contributed by atoms with E-state index in [0.29, 0.717) is 0 Å². The molecule has 1 unspecified atom stereocenters. The molecule has 1 aliphatic carbocycles. The molecule has 2 heteroatoms. The molecule has 2 aliphatic rings. The molecule has 0 amide bonds. The van der Waals surface area contributed by atoms with Gasteiger partial charge in [0.1, 0.15) is 0 Å². The fourth-order valence-electron chi connectivity index (χ4n) is 3.08. The molecular weight excluding hydrogens is 160 g/mol. The van der Waals surface area contributed by atoms with Crippen molar-refractivity contribution in [1.29, 1.82) is 0 Å². The number of nitrogens with zero attached hydrogens (tertiary/aromatic N) is 1. The van der Waals surface area contributed by atoms with Gasteiger partial charge in [0, 0.05) is 12.1 Å². The molecule has 0 aromatic heterocycles. The highest BCUT2D eigenvalue weighted by Crippen LogP contribution is 2.37. The summed E-state index contributed by atoms with van der Waals surface area (Å²) in [5.41, 5.74) is 6.67. The molecule has 0 spiro atoms. The molecule has 0 radical (unpaired) electrons. The summed E-state index contributed by atoms with van der Waals surface area (Å²) in [6, 6.07) is 0. The standard InChI is InChI=1S/C11H22N2/c1-13-8-4-5-10(9-13)11(12)6-2-3-7-11/h10H,2-9,12H2,1H3. The summed E-state index contributed by atoms with van der Waals surface area (Å²) in [6.45, 7) is 2.50. The fourth-order valence-corrected chi connectivity index (χ4v) is 3.08. The van der Waals surface area contributed by atoms with Crippen LogP contribution in [0.25, 0.3) is 0 Å². The highest BCUT2D eigenvalue weighted by Gasteiger charge is 2.38. The van der Waals surface area contributed by atoms with Gasteiger partial charge in [-0.1, -0.05) is 12.8 Å². The first-order chi connectivity index (χ1) is 6.21. The molecule has 13 heavy (non-hydrogen) atoms. The summed E-state index contributed by atoms with van der Waals surface area (Å²) in [5.74, 6) is 0.772. The fraction of sp³-hybridized carbons (Fsp3) is 1.00. The Morgan fingerprint density at radius 2 is 1.92 bits per heavy atom. The highest BCUT2D eigenvalue weighted by molar-refractivity contribution is 4.97. The maximum Gasteiger partial charge on any atom is 0.0195 e. The Labute approximate surface area is 81.5 Å². The molecule has 76 valence electrons. The van der Waals surface area contributed by atoms with Crippen molar-refractivity contribution in [1.82, 2.24) is 4.90 Å². The number of hydrogen-bond donors (Lipinski definition) is 1. The summed E-state index contributed by atoms with van der Waals surface area (Å²) < 4.78 is 0. The van der Waals surface area contributed by atoms with Crippen LogP contribution < -0.4 is 5.73 Å². The lowest BCUT2D eigenvalue weighted by Gasteiger charge is -2.40. The normalized spacial score (nSPS) is 35.1. The Kier molecular flexibility index (Phi) is 2.61. The van der Waals surface area contributed by atoms with E-state index in [2.05, 4.69) is 11.9 Å². The molecule has 1 atom stereocenters. The third kappa shape index (κ3) is 1.89. The van der Waals surface area contributed by atoms with Crippen LogP contribution in [0.1, 0.15) is 38.5 Å². The lowest BCUT2D eigenvalue weighted by Crippen LogP contribution is -2.51. The van der Waals surface area contributed by atoms with Crippen LogP contribution in [-0.4, -0.2) is 30.6 Å². The molecule has 1 saturated heterocycles. The van der Waals surface area contributed by atoms with Crippen molar-refractivity contribution >= 4 is 0 Å². The highest BCUT2D eigenvalue weighted by atomic mass is 15.1. The molecule has 1 saturated carbocycles. The van der Waals surface area contributed by atoms with Gasteiger partial charge in [0.15, 0.2) is 0 Å². The van der Waals surface area contributed by atoms with Crippen molar-refractivity contribution in [3.63, 3.8) is 0 Å². The average molecular weight is 182 g/mol. The first-order valence-corrected chi connectivity index (χ1v) is 5.68. The van der Waals surface area contributed by atoms with E-state index in [1.54, 1.807) is 0 Å². The van der Waals surface area contributed by atoms with Gasteiger partial charge >= 0.3 is 0 Å². The zero-order valence-corrected chi connectivity index (χ0v) is 8.76. The molecule has 1 aliphatic heterocycles. The molecule has 2 fully saturated rings. The van der Waals surface area contributed by atoms with E-state index in [1.165, 1.54) is 51.6 Å². The van der Waals surface area contributed by atoms with Gasteiger partial charge in [0.2, 0.25) is 0 Å². The number of piperidine rings is 1. The minimum absolute atomic E-state index is 0.203. The average Bonchev–Trinajstić information content (AvgIpc) is 2.54. The predicted octanol–water partition coefficient (Wildman–Crippen LogP) is 1.60. The van der Waals surface area contributed by atoms with Crippen molar-refractivity contribution in [2.24, 2.45) is 11.7 Å². The quantitative estimate of drug-likeness (QED) is 0.667. The SMILES string of the molecule is CN1CCCC(C2(N)CCCC2)C1. The Bertz CT molecular complexity index is 173. The van der Waals surface area contributed by atoms with Crippen LogP contribution in [0.5, 0.6) is 0 Å². The maximum absolute atomic E-state index is 6.47. The van der Waals surface area contributed by atoms with E-state index >= 15 is 0 Å². The van der Waals surface area contributed by atoms with E-state index < -0.39 is 0 Å². The zero-order valence-electron chi connectivity index (χ0n) is 8.76. The van der Waals surface area contributed by atoms with E-state index in [9.17, 15) is 0 Å². The van der Waals surface area contributed by atoms with Crippen LogP contribution in [0.3, 0.4) is 0 Å². The summed E-state index contributed by atoms with van der Waals surface area (Å²) >= 11 is 0. The minimum Gasteiger partial charge on any atom is -0.325 e. The number of hydrogen-bond acceptors (Lipinski definition) is 2. The second-order valence-corrected chi connectivity index (χ2v) is 5.04. The Balaban J connectivity index is 1.98. The third-order valence-electron chi connectivity index (χ3n) is 3.97.